The van der Waals surface area contributed by atoms with Crippen LogP contribution in [0.2, 0.25) is 5.02 Å². The molecule has 4 aromatic rings. The second-order valence-corrected chi connectivity index (χ2v) is 9.00. The van der Waals surface area contributed by atoms with Crippen LogP contribution in [0.4, 0.5) is 0 Å². The molecular formula is C28H23ClN2O5. The van der Waals surface area contributed by atoms with Gasteiger partial charge < -0.3 is 24.8 Å². The Morgan fingerprint density at radius 1 is 1.06 bits per heavy atom. The Labute approximate surface area is 212 Å². The van der Waals surface area contributed by atoms with E-state index in [1.807, 2.05) is 24.4 Å². The summed E-state index contributed by atoms with van der Waals surface area (Å²) in [5, 5.41) is 22.4. The summed E-state index contributed by atoms with van der Waals surface area (Å²) in [5.41, 5.74) is 2.88. The first-order chi connectivity index (χ1) is 17.4. The van der Waals surface area contributed by atoms with Gasteiger partial charge in [0.2, 0.25) is 0 Å². The number of likely N-dealkylation sites (tertiary alicyclic amines) is 1. The minimum absolute atomic E-state index is 0.00592. The number of carbonyl (C=O) groups is 2. The van der Waals surface area contributed by atoms with Crippen LogP contribution in [-0.4, -0.2) is 45.4 Å². The molecule has 1 aliphatic heterocycles. The third-order valence-corrected chi connectivity index (χ3v) is 6.72. The van der Waals surface area contributed by atoms with Crippen LogP contribution in [0.3, 0.4) is 0 Å². The van der Waals surface area contributed by atoms with Crippen LogP contribution >= 0.6 is 11.6 Å². The summed E-state index contributed by atoms with van der Waals surface area (Å²) in [5.74, 6) is -0.957. The first-order valence-corrected chi connectivity index (χ1v) is 11.7. The summed E-state index contributed by atoms with van der Waals surface area (Å²) >= 11 is 5.98. The Morgan fingerprint density at radius 2 is 1.78 bits per heavy atom. The second kappa shape index (κ2) is 9.43. The number of aromatic nitrogens is 1. The van der Waals surface area contributed by atoms with E-state index in [0.717, 1.165) is 22.2 Å². The van der Waals surface area contributed by atoms with Gasteiger partial charge in [0.1, 0.15) is 17.3 Å². The maximum absolute atomic E-state index is 13.2. The van der Waals surface area contributed by atoms with E-state index in [1.165, 1.54) is 17.0 Å². The van der Waals surface area contributed by atoms with Crippen molar-refractivity contribution in [3.05, 3.63) is 100 Å². The van der Waals surface area contributed by atoms with Gasteiger partial charge in [0.25, 0.3) is 11.7 Å². The number of ketones is 1. The average Bonchev–Trinajstić information content (AvgIpc) is 3.40. The van der Waals surface area contributed by atoms with Gasteiger partial charge in [-0.25, -0.2) is 0 Å². The van der Waals surface area contributed by atoms with Gasteiger partial charge in [0, 0.05) is 34.2 Å². The van der Waals surface area contributed by atoms with Gasteiger partial charge in [0.15, 0.2) is 0 Å². The molecule has 1 aromatic heterocycles. The molecule has 2 heterocycles. The number of phenolic OH excluding ortho intramolecular Hbond substituents is 1. The van der Waals surface area contributed by atoms with Crippen molar-refractivity contribution in [2.45, 2.75) is 12.5 Å². The number of H-pyrrole nitrogens is 1. The molecule has 0 radical (unpaired) electrons. The molecule has 1 unspecified atom stereocenters. The van der Waals surface area contributed by atoms with E-state index in [9.17, 15) is 19.8 Å². The van der Waals surface area contributed by atoms with Crippen LogP contribution in [0, 0.1) is 0 Å². The van der Waals surface area contributed by atoms with Gasteiger partial charge in [0.05, 0.1) is 18.7 Å². The van der Waals surface area contributed by atoms with Crippen molar-refractivity contribution in [1.29, 1.82) is 0 Å². The number of halogens is 1. The molecule has 182 valence electrons. The zero-order valence-corrected chi connectivity index (χ0v) is 20.1. The molecule has 0 bridgehead atoms. The lowest BCUT2D eigenvalue weighted by Gasteiger charge is -2.25. The van der Waals surface area contributed by atoms with Crippen molar-refractivity contribution < 1.29 is 24.5 Å². The molecule has 1 saturated heterocycles. The summed E-state index contributed by atoms with van der Waals surface area (Å²) in [6.07, 6.45) is 2.35. The van der Waals surface area contributed by atoms with Gasteiger partial charge in [-0.05, 0) is 72.1 Å². The van der Waals surface area contributed by atoms with Gasteiger partial charge in [-0.15, -0.1) is 0 Å². The van der Waals surface area contributed by atoms with Crippen molar-refractivity contribution >= 4 is 40.0 Å². The fraction of sp³-hybridized carbons (Fsp3) is 0.143. The summed E-state index contributed by atoms with van der Waals surface area (Å²) in [7, 11) is 1.60. The maximum Gasteiger partial charge on any atom is 0.295 e. The average molecular weight is 503 g/mol. The number of methoxy groups -OCH3 is 1. The van der Waals surface area contributed by atoms with Crippen LogP contribution in [0.5, 0.6) is 11.5 Å². The molecule has 0 saturated carbocycles. The summed E-state index contributed by atoms with van der Waals surface area (Å²) in [6, 6.07) is 17.6. The summed E-state index contributed by atoms with van der Waals surface area (Å²) in [4.78, 5) is 31.1. The molecule has 0 spiro atoms. The number of nitrogens with one attached hydrogen (secondary N) is 1. The zero-order chi connectivity index (χ0) is 25.4. The van der Waals surface area contributed by atoms with Gasteiger partial charge in [-0.2, -0.15) is 0 Å². The largest absolute Gasteiger partial charge is 0.508 e. The van der Waals surface area contributed by atoms with Crippen molar-refractivity contribution in [2.75, 3.05) is 13.7 Å². The molecule has 3 N–H and O–H groups in total. The number of fused-ring (bicyclic) bond motifs is 1. The lowest BCUT2D eigenvalue weighted by molar-refractivity contribution is -0.139. The molecule has 8 heteroatoms. The number of benzene rings is 3. The molecule has 0 aliphatic carbocycles. The van der Waals surface area contributed by atoms with Gasteiger partial charge in [-0.3, -0.25) is 9.59 Å². The van der Waals surface area contributed by atoms with Crippen LogP contribution < -0.4 is 4.74 Å². The number of aromatic hydroxyl groups is 1. The highest BCUT2D eigenvalue weighted by Gasteiger charge is 2.45. The van der Waals surface area contributed by atoms with E-state index < -0.39 is 17.7 Å². The monoisotopic (exact) mass is 502 g/mol. The smallest absolute Gasteiger partial charge is 0.295 e. The molecule has 1 amide bonds. The van der Waals surface area contributed by atoms with Crippen molar-refractivity contribution in [3.8, 4) is 11.5 Å². The number of aromatic amines is 1. The number of nitrogens with zero attached hydrogens (tertiary/aromatic N) is 1. The van der Waals surface area contributed by atoms with E-state index in [4.69, 9.17) is 16.3 Å². The maximum atomic E-state index is 13.2. The fourth-order valence-electron chi connectivity index (χ4n) is 4.61. The second-order valence-electron chi connectivity index (χ2n) is 8.57. The van der Waals surface area contributed by atoms with E-state index in [2.05, 4.69) is 4.98 Å². The highest BCUT2D eigenvalue weighted by atomic mass is 35.5. The minimum atomic E-state index is -0.818. The van der Waals surface area contributed by atoms with E-state index in [0.29, 0.717) is 22.6 Å². The lowest BCUT2D eigenvalue weighted by Crippen LogP contribution is -2.31. The Balaban J connectivity index is 1.55. The predicted octanol–water partition coefficient (Wildman–Crippen LogP) is 5.20. The van der Waals surface area contributed by atoms with Crippen LogP contribution in [-0.2, 0) is 16.0 Å². The van der Waals surface area contributed by atoms with E-state index >= 15 is 0 Å². The number of amides is 1. The van der Waals surface area contributed by atoms with E-state index in [-0.39, 0.29) is 23.6 Å². The van der Waals surface area contributed by atoms with Crippen LogP contribution in [0.25, 0.3) is 16.7 Å². The Kier molecular flexibility index (Phi) is 6.16. The number of rotatable bonds is 6. The highest BCUT2D eigenvalue weighted by Crippen LogP contribution is 2.40. The molecule has 7 nitrogen and oxygen atoms in total. The molecular weight excluding hydrogens is 480 g/mol. The van der Waals surface area contributed by atoms with Gasteiger partial charge >= 0.3 is 0 Å². The van der Waals surface area contributed by atoms with Crippen LogP contribution in [0.15, 0.2) is 78.5 Å². The Bertz CT molecular complexity index is 1490. The third-order valence-electron chi connectivity index (χ3n) is 6.46. The van der Waals surface area contributed by atoms with E-state index in [1.54, 1.807) is 43.5 Å². The SMILES string of the molecule is COc1ccc2[nH]cc(CCN3C(=O)C(=O)/C(=C(\O)c4ccc(Cl)cc4)C3c3ccc(O)cc3)c2c1. The molecule has 1 fully saturated rings. The molecule has 3 aromatic carbocycles. The molecule has 5 rings (SSSR count). The number of ether oxygens (including phenoxy) is 1. The summed E-state index contributed by atoms with van der Waals surface area (Å²) in [6.45, 7) is 0.234. The first-order valence-electron chi connectivity index (χ1n) is 11.3. The van der Waals surface area contributed by atoms with Crippen molar-refractivity contribution in [3.63, 3.8) is 0 Å². The number of hydrogen-bond acceptors (Lipinski definition) is 5. The Hall–Kier alpha value is -4.23. The van der Waals surface area contributed by atoms with Crippen molar-refractivity contribution in [1.82, 2.24) is 9.88 Å². The molecule has 1 atom stereocenters. The van der Waals surface area contributed by atoms with Crippen LogP contribution in [0.1, 0.15) is 22.7 Å². The topological polar surface area (TPSA) is 103 Å². The third kappa shape index (κ3) is 4.18. The summed E-state index contributed by atoms with van der Waals surface area (Å²) < 4.78 is 5.34. The highest BCUT2D eigenvalue weighted by molar-refractivity contribution is 6.46. The zero-order valence-electron chi connectivity index (χ0n) is 19.4. The number of carbonyl (C=O) groups excluding carboxylic acids is 2. The van der Waals surface area contributed by atoms with Gasteiger partial charge in [-0.1, -0.05) is 23.7 Å². The number of aliphatic hydroxyl groups excluding tert-OH is 1. The minimum Gasteiger partial charge on any atom is -0.508 e. The standard InChI is InChI=1S/C28H23ClN2O5/c1-36-21-10-11-23-22(14-21)18(15-30-23)12-13-31-25(16-4-8-20(32)9-5-16)24(27(34)28(31)35)26(33)17-2-6-19(29)7-3-17/h2-11,14-15,25,30,32-33H,12-13H2,1H3/b26-24-. The number of phenols is 1. The lowest BCUT2D eigenvalue weighted by atomic mass is 9.95. The molecule has 1 aliphatic rings. The number of hydrogen-bond donors (Lipinski definition) is 3. The quantitative estimate of drug-likeness (QED) is 0.191. The first kappa shape index (κ1) is 23.5. The predicted molar refractivity (Wildman–Crippen MR) is 137 cm³/mol. The normalized spacial score (nSPS) is 17.2. The Morgan fingerprint density at radius 3 is 2.47 bits per heavy atom. The number of Topliss-reactive ketones (excluding diaryl/α,β-unsaturated/α-hetero) is 1. The fourth-order valence-corrected chi connectivity index (χ4v) is 4.74. The molecule has 36 heavy (non-hydrogen) atoms. The van der Waals surface area contributed by atoms with Crippen molar-refractivity contribution in [2.24, 2.45) is 0 Å². The number of aliphatic hydroxyl groups is 1.